The molecule has 0 spiro atoms. The highest BCUT2D eigenvalue weighted by atomic mass is 19.1. The lowest BCUT2D eigenvalue weighted by Gasteiger charge is -2.27. The molecule has 0 aliphatic carbocycles. The van der Waals surface area contributed by atoms with Gasteiger partial charge in [0.25, 0.3) is 0 Å². The molecule has 1 aliphatic heterocycles. The topological polar surface area (TPSA) is 45.0 Å². The van der Waals surface area contributed by atoms with E-state index >= 15 is 0 Å². The van der Waals surface area contributed by atoms with Crippen molar-refractivity contribution in [1.29, 1.82) is 5.26 Å². The summed E-state index contributed by atoms with van der Waals surface area (Å²) in [5, 5.41) is 11.7. The number of benzene rings is 1. The highest BCUT2D eigenvalue weighted by Gasteiger charge is 2.26. The molecule has 1 aromatic rings. The highest BCUT2D eigenvalue weighted by Crippen LogP contribution is 2.19. The van der Waals surface area contributed by atoms with E-state index in [1.165, 1.54) is 0 Å². The number of nitrogens with zero attached hydrogens (tertiary/aromatic N) is 1. The monoisotopic (exact) mass is 220 g/mol. The van der Waals surface area contributed by atoms with E-state index < -0.39 is 12.3 Å². The Morgan fingerprint density at radius 1 is 1.50 bits per heavy atom. The summed E-state index contributed by atoms with van der Waals surface area (Å²) < 4.78 is 19.0. The molecule has 0 saturated carbocycles. The Morgan fingerprint density at radius 3 is 3.12 bits per heavy atom. The van der Waals surface area contributed by atoms with E-state index in [1.54, 1.807) is 24.3 Å². The van der Waals surface area contributed by atoms with E-state index in [-0.39, 0.29) is 0 Å². The zero-order valence-corrected chi connectivity index (χ0v) is 8.82. The number of hydrogen-bond acceptors (Lipinski definition) is 3. The van der Waals surface area contributed by atoms with E-state index in [0.717, 1.165) is 6.54 Å². The Kier molecular flexibility index (Phi) is 3.37. The molecule has 0 unspecified atom stereocenters. The fraction of sp³-hybridized carbons (Fsp3) is 0.417. The van der Waals surface area contributed by atoms with Crippen LogP contribution >= 0.6 is 0 Å². The minimum atomic E-state index is -0.987. The molecule has 1 N–H and O–H groups in total. The highest BCUT2D eigenvalue weighted by molar-refractivity contribution is 5.36. The maximum absolute atomic E-state index is 13.5. The number of nitrogens with one attached hydrogen (secondary N) is 1. The molecule has 1 aliphatic rings. The SMILES string of the molecule is N#Cc1cccc(O[C@H]2CCNC[C@H]2F)c1. The number of nitriles is 1. The average Bonchev–Trinajstić information content (AvgIpc) is 2.32. The van der Waals surface area contributed by atoms with Crippen LogP contribution in [0.2, 0.25) is 0 Å². The number of hydrogen-bond donors (Lipinski definition) is 1. The molecule has 3 nitrogen and oxygen atoms in total. The molecule has 4 heteroatoms. The summed E-state index contributed by atoms with van der Waals surface area (Å²) in [6, 6.07) is 8.84. The number of alkyl halides is 1. The summed E-state index contributed by atoms with van der Waals surface area (Å²) in [6.45, 7) is 1.10. The second-order valence-corrected chi connectivity index (χ2v) is 3.80. The van der Waals surface area contributed by atoms with Gasteiger partial charge < -0.3 is 10.1 Å². The summed E-state index contributed by atoms with van der Waals surface area (Å²) in [5.41, 5.74) is 0.529. The van der Waals surface area contributed by atoms with Crippen molar-refractivity contribution in [2.24, 2.45) is 0 Å². The summed E-state index contributed by atoms with van der Waals surface area (Å²) in [7, 11) is 0. The molecule has 0 aromatic heterocycles. The molecular weight excluding hydrogens is 207 g/mol. The van der Waals surface area contributed by atoms with Gasteiger partial charge >= 0.3 is 0 Å². The maximum atomic E-state index is 13.5. The van der Waals surface area contributed by atoms with E-state index in [9.17, 15) is 4.39 Å². The fourth-order valence-corrected chi connectivity index (χ4v) is 1.74. The number of ether oxygens (including phenoxy) is 1. The predicted molar refractivity (Wildman–Crippen MR) is 58.0 cm³/mol. The Morgan fingerprint density at radius 2 is 2.38 bits per heavy atom. The smallest absolute Gasteiger partial charge is 0.149 e. The molecule has 2 atom stereocenters. The molecule has 84 valence electrons. The van der Waals surface area contributed by atoms with Gasteiger partial charge in [-0.3, -0.25) is 0 Å². The minimum absolute atomic E-state index is 0.336. The number of piperidine rings is 1. The van der Waals surface area contributed by atoms with Crippen molar-refractivity contribution in [2.45, 2.75) is 18.7 Å². The van der Waals surface area contributed by atoms with Crippen LogP contribution in [0.5, 0.6) is 5.75 Å². The lowest BCUT2D eigenvalue weighted by Crippen LogP contribution is -2.44. The first-order valence-corrected chi connectivity index (χ1v) is 5.31. The van der Waals surface area contributed by atoms with Crippen LogP contribution in [0.3, 0.4) is 0 Å². The zero-order chi connectivity index (χ0) is 11.4. The molecule has 1 aromatic carbocycles. The first kappa shape index (κ1) is 10.9. The van der Waals surface area contributed by atoms with Crippen LogP contribution in [0.4, 0.5) is 4.39 Å². The molecule has 1 fully saturated rings. The van der Waals surface area contributed by atoms with Crippen molar-refractivity contribution in [3.05, 3.63) is 29.8 Å². The normalized spacial score (nSPS) is 24.8. The van der Waals surface area contributed by atoms with Crippen molar-refractivity contribution < 1.29 is 9.13 Å². The fourth-order valence-electron chi connectivity index (χ4n) is 1.74. The van der Waals surface area contributed by atoms with Gasteiger partial charge in [-0.05, 0) is 31.2 Å². The molecule has 0 bridgehead atoms. The third-order valence-corrected chi connectivity index (χ3v) is 2.60. The first-order valence-electron chi connectivity index (χ1n) is 5.31. The molecule has 16 heavy (non-hydrogen) atoms. The van der Waals surface area contributed by atoms with Crippen LogP contribution in [-0.2, 0) is 0 Å². The van der Waals surface area contributed by atoms with Crippen LogP contribution in [0, 0.1) is 11.3 Å². The molecule has 0 amide bonds. The van der Waals surface area contributed by atoms with Crippen molar-refractivity contribution in [3.63, 3.8) is 0 Å². The van der Waals surface area contributed by atoms with E-state index in [1.807, 2.05) is 6.07 Å². The van der Waals surface area contributed by atoms with Gasteiger partial charge in [-0.25, -0.2) is 4.39 Å². The largest absolute Gasteiger partial charge is 0.487 e. The predicted octanol–water partition coefficient (Wildman–Crippen LogP) is 1.64. The minimum Gasteiger partial charge on any atom is -0.487 e. The Balaban J connectivity index is 2.05. The molecular formula is C12H13FN2O. The standard InChI is InChI=1S/C12H13FN2O/c13-11-8-15-5-4-12(11)16-10-3-1-2-9(6-10)7-14/h1-3,6,11-12,15H,4-5,8H2/t11-,12+/m1/s1. The van der Waals surface area contributed by atoms with Gasteiger partial charge in [-0.15, -0.1) is 0 Å². The lowest BCUT2D eigenvalue weighted by atomic mass is 10.1. The van der Waals surface area contributed by atoms with Crippen molar-refractivity contribution >= 4 is 0 Å². The van der Waals surface area contributed by atoms with Crippen LogP contribution in [-0.4, -0.2) is 25.4 Å². The zero-order valence-electron chi connectivity index (χ0n) is 8.82. The van der Waals surface area contributed by atoms with Crippen molar-refractivity contribution in [2.75, 3.05) is 13.1 Å². The number of halogens is 1. The van der Waals surface area contributed by atoms with Gasteiger partial charge in [0.2, 0.25) is 0 Å². The molecule has 2 rings (SSSR count). The van der Waals surface area contributed by atoms with Crippen LogP contribution in [0.1, 0.15) is 12.0 Å². The van der Waals surface area contributed by atoms with Gasteiger partial charge in [0.15, 0.2) is 0 Å². The quantitative estimate of drug-likeness (QED) is 0.824. The summed E-state index contributed by atoms with van der Waals surface area (Å²) in [5.74, 6) is 0.564. The van der Waals surface area contributed by atoms with Crippen molar-refractivity contribution in [1.82, 2.24) is 5.32 Å². The first-order chi connectivity index (χ1) is 7.79. The van der Waals surface area contributed by atoms with Crippen LogP contribution in [0.15, 0.2) is 24.3 Å². The van der Waals surface area contributed by atoms with Crippen molar-refractivity contribution in [3.8, 4) is 11.8 Å². The summed E-state index contributed by atoms with van der Waals surface area (Å²) in [4.78, 5) is 0. The van der Waals surface area contributed by atoms with E-state index in [2.05, 4.69) is 5.32 Å². The van der Waals surface area contributed by atoms with Gasteiger partial charge in [0, 0.05) is 6.54 Å². The average molecular weight is 220 g/mol. The molecule has 1 heterocycles. The summed E-state index contributed by atoms with van der Waals surface area (Å²) in [6.07, 6.45) is -0.743. The lowest BCUT2D eigenvalue weighted by molar-refractivity contribution is 0.0731. The molecule has 1 saturated heterocycles. The van der Waals surface area contributed by atoms with Gasteiger partial charge in [0.1, 0.15) is 18.0 Å². The Labute approximate surface area is 93.8 Å². The van der Waals surface area contributed by atoms with Crippen LogP contribution in [0.25, 0.3) is 0 Å². The third kappa shape index (κ3) is 2.50. The molecule has 0 radical (unpaired) electrons. The maximum Gasteiger partial charge on any atom is 0.149 e. The Hall–Kier alpha value is -1.60. The third-order valence-electron chi connectivity index (χ3n) is 2.60. The second kappa shape index (κ2) is 4.95. The van der Waals surface area contributed by atoms with Crippen LogP contribution < -0.4 is 10.1 Å². The van der Waals surface area contributed by atoms with Gasteiger partial charge in [-0.1, -0.05) is 6.07 Å². The number of rotatable bonds is 2. The van der Waals surface area contributed by atoms with Gasteiger partial charge in [-0.2, -0.15) is 5.26 Å². The Bertz CT molecular complexity index is 402. The summed E-state index contributed by atoms with van der Waals surface area (Å²) >= 11 is 0. The van der Waals surface area contributed by atoms with Gasteiger partial charge in [0.05, 0.1) is 11.6 Å². The second-order valence-electron chi connectivity index (χ2n) is 3.80. The van der Waals surface area contributed by atoms with E-state index in [0.29, 0.717) is 24.3 Å². The van der Waals surface area contributed by atoms with E-state index in [4.69, 9.17) is 10.00 Å².